The number of ether oxygens (including phenoxy) is 10. The molecule has 0 amide bonds. The average molecular weight is 1840 g/mol. The number of hydrogen-bond acceptors (Lipinski definition) is 19. The number of Topliss-reactive ketones (excluding diaryl/α,β-unsaturated/α-hetero) is 1. The summed E-state index contributed by atoms with van der Waals surface area (Å²) in [6.07, 6.45) is 18.8. The standard InChI is InChI=1S/C26H40BrClO4.C22H32BrClO4.C13H22O3.C12H15Br2ClO2.3CO2.Y/c1-6-22-8-9-23-25(31-22)20(5)19(4)24(32-23)17(2)10-12-26(29-14-7-15-30-26)13-11-21(28)16-18(3)27;1-5-18-9-11-20-22(27-18)15(4)14(3)21(28-20)19(26)10-8-17(25)7-6-16(24)12-13(2)23;1-4-10-5-6-11-13(15-10)9(3)8(2)12(7-14)16-11;1-10(14)9-11(15)3-4-12(5-6-13)16-7-2-8-17-12;3*2-1-3;/h17,19-25H,3,6-9,11,13-16H2,1-2,4-5H3;14-16,18-22,26H,2,5-7,9,11-12H2,1,3-4H3;7-13H,4-6H2,1-3H3;11H,1-4,7-9H2;;;;/t17-,19-,20+,21+,22-,23-,24-,25+;14-,15+,16+,18-,19-,20-,21+,22+;8-,9+,10-,11-,12-,13+;11-;;;;/m0001..../s1. The molecule has 0 aromatic heterocycles. The van der Waals surface area contributed by atoms with Gasteiger partial charge < -0.3 is 57.3 Å². The zero-order valence-corrected chi connectivity index (χ0v) is 72.9. The van der Waals surface area contributed by atoms with Gasteiger partial charge in [0.1, 0.15) is 18.5 Å². The summed E-state index contributed by atoms with van der Waals surface area (Å²) in [4.78, 5) is 74.4. The number of alkyl halides is 3. The Bertz CT molecular complexity index is 2800. The van der Waals surface area contributed by atoms with E-state index in [4.69, 9.17) is 111 Å². The van der Waals surface area contributed by atoms with Crippen LogP contribution in [0.1, 0.15) is 198 Å². The Morgan fingerprint density at radius 3 is 1.25 bits per heavy atom. The number of fused-ring (bicyclic) bond motifs is 3. The molecule has 579 valence electrons. The number of carbonyl (C=O) groups excluding carboxylic acids is 8. The van der Waals surface area contributed by atoms with Crippen LogP contribution in [-0.4, -0.2) is 169 Å². The molecule has 0 aliphatic carbocycles. The van der Waals surface area contributed by atoms with Crippen LogP contribution in [0.3, 0.4) is 0 Å². The smallest absolute Gasteiger partial charge is 0.373 e. The molecule has 103 heavy (non-hydrogen) atoms. The summed E-state index contributed by atoms with van der Waals surface area (Å²) in [7, 11) is 0. The van der Waals surface area contributed by atoms with Gasteiger partial charge in [0.2, 0.25) is 17.4 Å². The third-order valence-electron chi connectivity index (χ3n) is 20.0. The SMILES string of the molecule is C=C(Br)C[C@H](Cl)CCC(=O)C#C[C@H](O)[C@@H]1O[C@H]2CC[C@H](CC)O[C@@H]2[C@H](C)[C@@H]1C.C=C(Br)C[C@H](Cl)CCC1(C#CBr)OCCCO1.C=C(Br)C[C@H](Cl)CCC1(C#C[C@H](C)[C@@H]2O[C@H]3CC[C@H](CC)O[C@@H]3[C@H](C)[C@@H]2C)OCCCO1.CC[C@H]1CC[C@@H]2O[C@@H](C=O)[C@@H](C)[C@@H](C)[C@H]2O1.O=C=O.O=C=O.O=C=O.[Y]. The maximum Gasteiger partial charge on any atom is 0.373 e. The first-order valence-electron chi connectivity index (χ1n) is 35.7. The normalized spacial score (nSPS) is 31.7. The van der Waals surface area contributed by atoms with Gasteiger partial charge in [-0.3, -0.25) is 4.79 Å². The number of aliphatic hydroxyl groups is 1. The minimum atomic E-state index is -0.986. The first kappa shape index (κ1) is 99.8. The molecule has 23 atom stereocenters. The summed E-state index contributed by atoms with van der Waals surface area (Å²) in [5.74, 6) is 15.1. The van der Waals surface area contributed by atoms with E-state index in [0.717, 1.165) is 116 Å². The molecule has 27 heteroatoms. The van der Waals surface area contributed by atoms with Crippen molar-refractivity contribution in [3.8, 4) is 34.4 Å². The van der Waals surface area contributed by atoms with Crippen molar-refractivity contribution in [1.82, 2.24) is 0 Å². The Morgan fingerprint density at radius 2 is 0.883 bits per heavy atom. The Hall–Kier alpha value is -1.17. The molecular formula is C76H109Br4Cl3O19Y. The molecule has 0 unspecified atom stereocenters. The second-order valence-electron chi connectivity index (χ2n) is 27.2. The number of carbonyl (C=O) groups is 2. The second-order valence-corrected chi connectivity index (χ2v) is 32.8. The van der Waals surface area contributed by atoms with Crippen molar-refractivity contribution in [1.29, 1.82) is 0 Å². The van der Waals surface area contributed by atoms with Gasteiger partial charge in [0.25, 0.3) is 0 Å². The number of rotatable bonds is 21. The van der Waals surface area contributed by atoms with Gasteiger partial charge in [-0.15, -0.1) is 34.8 Å². The number of allylic oxidation sites excluding steroid dienone is 3. The fourth-order valence-electron chi connectivity index (χ4n) is 13.7. The van der Waals surface area contributed by atoms with Gasteiger partial charge in [-0.1, -0.05) is 142 Å². The van der Waals surface area contributed by atoms with E-state index < -0.39 is 23.8 Å². The second kappa shape index (κ2) is 54.5. The van der Waals surface area contributed by atoms with Gasteiger partial charge in [0.15, 0.2) is 0 Å². The van der Waals surface area contributed by atoms with Crippen LogP contribution in [0.15, 0.2) is 33.2 Å². The van der Waals surface area contributed by atoms with Gasteiger partial charge in [-0.05, 0) is 188 Å². The maximum atomic E-state index is 12.0. The van der Waals surface area contributed by atoms with Crippen LogP contribution in [-0.2, 0) is 118 Å². The number of halogens is 7. The van der Waals surface area contributed by atoms with Gasteiger partial charge >= 0.3 is 18.5 Å². The molecule has 0 spiro atoms. The van der Waals surface area contributed by atoms with Crippen LogP contribution in [0.2, 0.25) is 0 Å². The first-order valence-corrected chi connectivity index (χ1v) is 40.2. The molecule has 0 aromatic carbocycles. The number of aliphatic hydroxyl groups excluding tert-OH is 1. The van der Waals surface area contributed by atoms with Crippen LogP contribution < -0.4 is 0 Å². The van der Waals surface area contributed by atoms with Crippen molar-refractivity contribution in [2.75, 3.05) is 26.4 Å². The van der Waals surface area contributed by atoms with Crippen molar-refractivity contribution in [3.63, 3.8) is 0 Å². The summed E-state index contributed by atoms with van der Waals surface area (Å²) in [5.41, 5.74) is 0. The monoisotopic (exact) mass is 1840 g/mol. The van der Waals surface area contributed by atoms with E-state index in [1.54, 1.807) is 0 Å². The number of ketones is 1. The fourth-order valence-corrected chi connectivity index (χ4v) is 16.6. The molecule has 0 bridgehead atoms. The zero-order chi connectivity index (χ0) is 76.7. The van der Waals surface area contributed by atoms with E-state index >= 15 is 0 Å². The maximum absolute atomic E-state index is 12.0. The van der Waals surface area contributed by atoms with Crippen LogP contribution in [0.4, 0.5) is 0 Å². The molecule has 8 aliphatic rings. The molecule has 0 aromatic rings. The van der Waals surface area contributed by atoms with E-state index in [1.807, 2.05) is 0 Å². The Morgan fingerprint density at radius 1 is 0.534 bits per heavy atom. The summed E-state index contributed by atoms with van der Waals surface area (Å²) in [6.45, 7) is 35.8. The van der Waals surface area contributed by atoms with Crippen LogP contribution in [0.5, 0.6) is 0 Å². The molecule has 1 N–H and O–H groups in total. The predicted molar refractivity (Wildman–Crippen MR) is 402 cm³/mol. The van der Waals surface area contributed by atoms with E-state index in [9.17, 15) is 14.7 Å². The molecule has 8 aliphatic heterocycles. The van der Waals surface area contributed by atoms with Gasteiger partial charge in [-0.2, -0.15) is 28.8 Å². The molecule has 8 fully saturated rings. The van der Waals surface area contributed by atoms with Crippen molar-refractivity contribution in [2.24, 2.45) is 41.4 Å². The minimum Gasteiger partial charge on any atom is -0.378 e. The molecule has 0 saturated carbocycles. The Labute approximate surface area is 686 Å². The topological polar surface area (TPSA) is 249 Å². The van der Waals surface area contributed by atoms with Crippen molar-refractivity contribution in [2.45, 2.75) is 305 Å². The van der Waals surface area contributed by atoms with Gasteiger partial charge in [0.05, 0.1) is 93.6 Å². The fraction of sp³-hybridized carbons (Fsp3) is 0.776. The van der Waals surface area contributed by atoms with Crippen molar-refractivity contribution >= 4 is 129 Å². The molecular weight excluding hydrogens is 1730 g/mol. The van der Waals surface area contributed by atoms with Crippen LogP contribution in [0, 0.1) is 75.9 Å². The molecule has 8 rings (SSSR count). The van der Waals surface area contributed by atoms with Gasteiger partial charge in [0, 0.05) is 90.0 Å². The number of aldehydes is 1. The predicted octanol–water partition coefficient (Wildman–Crippen LogP) is 15.6. The zero-order valence-electron chi connectivity index (χ0n) is 61.5. The number of hydrogen-bond donors (Lipinski definition) is 1. The third-order valence-corrected chi connectivity index (χ3v) is 22.2. The molecule has 8 heterocycles. The van der Waals surface area contributed by atoms with E-state index in [1.165, 1.54) is 0 Å². The summed E-state index contributed by atoms with van der Waals surface area (Å²) < 4.78 is 63.3. The molecule has 1 radical (unpaired) electrons. The summed E-state index contributed by atoms with van der Waals surface area (Å²) in [6, 6.07) is 0. The molecule has 19 nitrogen and oxygen atoms in total. The van der Waals surface area contributed by atoms with Crippen LogP contribution in [0.25, 0.3) is 0 Å². The Kier molecular flexibility index (Phi) is 52.8. The Balaban J connectivity index is 0.000000679. The van der Waals surface area contributed by atoms with E-state index in [0.29, 0.717) is 88.2 Å². The van der Waals surface area contributed by atoms with Crippen molar-refractivity contribution in [3.05, 3.63) is 33.2 Å². The largest absolute Gasteiger partial charge is 0.378 e. The van der Waals surface area contributed by atoms with Gasteiger partial charge in [-0.25, -0.2) is 0 Å². The molecule has 8 saturated heterocycles. The average Bonchev–Trinajstić information content (AvgIpc) is 0.796. The van der Waals surface area contributed by atoms with E-state index in [2.05, 4.69) is 187 Å². The minimum absolute atomic E-state index is 0. The van der Waals surface area contributed by atoms with Crippen molar-refractivity contribution < 1.29 is 124 Å². The van der Waals surface area contributed by atoms with Crippen LogP contribution >= 0.6 is 98.5 Å². The quantitative estimate of drug-likeness (QED) is 0.0485. The van der Waals surface area contributed by atoms with E-state index in [-0.39, 0.29) is 152 Å². The summed E-state index contributed by atoms with van der Waals surface area (Å²) in [5, 5.41) is 10.4. The third kappa shape index (κ3) is 35.8. The first-order chi connectivity index (χ1) is 48.5. The summed E-state index contributed by atoms with van der Waals surface area (Å²) >= 11 is 31.9.